The van der Waals surface area contributed by atoms with E-state index in [1.807, 2.05) is 12.2 Å². The van der Waals surface area contributed by atoms with Crippen molar-refractivity contribution in [3.8, 4) is 11.5 Å². The van der Waals surface area contributed by atoms with Gasteiger partial charge in [-0.1, -0.05) is 12.2 Å². The zero-order valence-corrected chi connectivity index (χ0v) is 10.2. The minimum Gasteiger partial charge on any atom is -0.454 e. The summed E-state index contributed by atoms with van der Waals surface area (Å²) in [4.78, 5) is 18.1. The van der Waals surface area contributed by atoms with Gasteiger partial charge in [0, 0.05) is 5.56 Å². The Morgan fingerprint density at radius 3 is 2.79 bits per heavy atom. The molecule has 98 valence electrons. The summed E-state index contributed by atoms with van der Waals surface area (Å²) in [6, 6.07) is 5.25. The van der Waals surface area contributed by atoms with E-state index in [0.717, 1.165) is 12.8 Å². The summed E-state index contributed by atoms with van der Waals surface area (Å²) >= 11 is 0. The average molecular weight is 259 g/mol. The molecule has 2 bridgehead atoms. The number of amides is 1. The second kappa shape index (κ2) is 3.99. The van der Waals surface area contributed by atoms with Crippen LogP contribution in [0.3, 0.4) is 0 Å². The summed E-state index contributed by atoms with van der Waals surface area (Å²) in [6.45, 7) is 0.209. The quantitative estimate of drug-likeness (QED) is 0.723. The summed E-state index contributed by atoms with van der Waals surface area (Å²) in [5.41, 5.74) is 0.560. The van der Waals surface area contributed by atoms with Crippen LogP contribution >= 0.6 is 0 Å². The van der Waals surface area contributed by atoms with Crippen molar-refractivity contribution >= 4 is 5.91 Å². The van der Waals surface area contributed by atoms with Crippen LogP contribution in [0.25, 0.3) is 0 Å². The Hall–Kier alpha value is -2.01. The van der Waals surface area contributed by atoms with Gasteiger partial charge in [-0.3, -0.25) is 9.63 Å². The zero-order chi connectivity index (χ0) is 12.8. The highest BCUT2D eigenvalue weighted by Crippen LogP contribution is 2.34. The van der Waals surface area contributed by atoms with Gasteiger partial charge < -0.3 is 9.47 Å². The molecule has 3 heterocycles. The summed E-state index contributed by atoms with van der Waals surface area (Å²) in [7, 11) is 0. The summed E-state index contributed by atoms with van der Waals surface area (Å²) in [5, 5.41) is 1.48. The van der Waals surface area contributed by atoms with Gasteiger partial charge in [-0.05, 0) is 31.0 Å². The molecule has 0 saturated carbocycles. The number of nitrogens with zero attached hydrogens (tertiary/aromatic N) is 1. The molecular weight excluding hydrogens is 246 g/mol. The van der Waals surface area contributed by atoms with Crippen LogP contribution in [0.2, 0.25) is 0 Å². The minimum atomic E-state index is -0.127. The lowest BCUT2D eigenvalue weighted by atomic mass is 9.98. The molecule has 3 aliphatic heterocycles. The summed E-state index contributed by atoms with van der Waals surface area (Å²) < 4.78 is 10.5. The molecule has 19 heavy (non-hydrogen) atoms. The van der Waals surface area contributed by atoms with Crippen molar-refractivity contribution in [2.24, 2.45) is 0 Å². The SMILES string of the molecule is O=C(c1ccc2c(c1)OCO2)N1O[C@@H]2C=C[C@H]1CC2. The molecule has 4 aliphatic rings. The van der Waals surface area contributed by atoms with Gasteiger partial charge in [-0.15, -0.1) is 0 Å². The number of fused-ring (bicyclic) bond motifs is 3. The van der Waals surface area contributed by atoms with E-state index in [1.54, 1.807) is 18.2 Å². The highest BCUT2D eigenvalue weighted by atomic mass is 16.7. The first-order valence-corrected chi connectivity index (χ1v) is 6.39. The molecule has 2 atom stereocenters. The molecule has 1 aromatic carbocycles. The van der Waals surface area contributed by atoms with Crippen LogP contribution in [-0.4, -0.2) is 29.9 Å². The summed E-state index contributed by atoms with van der Waals surface area (Å²) in [6.07, 6.45) is 6.03. The topological polar surface area (TPSA) is 48.0 Å². The van der Waals surface area contributed by atoms with E-state index in [-0.39, 0.29) is 24.8 Å². The second-order valence-electron chi connectivity index (χ2n) is 4.87. The number of ether oxygens (including phenoxy) is 2. The van der Waals surface area contributed by atoms with Crippen LogP contribution in [0.15, 0.2) is 30.4 Å². The van der Waals surface area contributed by atoms with Gasteiger partial charge in [-0.25, -0.2) is 5.06 Å². The molecule has 5 nitrogen and oxygen atoms in total. The van der Waals surface area contributed by atoms with Gasteiger partial charge in [0.15, 0.2) is 11.5 Å². The molecule has 0 N–H and O–H groups in total. The Kier molecular flexibility index (Phi) is 2.29. The first-order valence-electron chi connectivity index (χ1n) is 6.39. The fourth-order valence-corrected chi connectivity index (χ4v) is 2.64. The van der Waals surface area contributed by atoms with Gasteiger partial charge in [0.1, 0.15) is 6.10 Å². The van der Waals surface area contributed by atoms with E-state index < -0.39 is 0 Å². The van der Waals surface area contributed by atoms with Crippen LogP contribution in [0.5, 0.6) is 11.5 Å². The molecule has 1 aromatic rings. The lowest BCUT2D eigenvalue weighted by molar-refractivity contribution is -0.197. The zero-order valence-electron chi connectivity index (χ0n) is 10.2. The van der Waals surface area contributed by atoms with E-state index >= 15 is 0 Å². The third-order valence-electron chi connectivity index (χ3n) is 3.66. The van der Waals surface area contributed by atoms with E-state index in [4.69, 9.17) is 14.3 Å². The fourth-order valence-electron chi connectivity index (χ4n) is 2.64. The third kappa shape index (κ3) is 1.69. The Morgan fingerprint density at radius 1 is 1.16 bits per heavy atom. The van der Waals surface area contributed by atoms with Crippen LogP contribution in [0.4, 0.5) is 0 Å². The van der Waals surface area contributed by atoms with Gasteiger partial charge in [0.25, 0.3) is 5.91 Å². The Morgan fingerprint density at radius 2 is 2.05 bits per heavy atom. The normalized spacial score (nSPS) is 26.8. The van der Waals surface area contributed by atoms with Gasteiger partial charge in [-0.2, -0.15) is 0 Å². The smallest absolute Gasteiger partial charge is 0.278 e. The van der Waals surface area contributed by atoms with E-state index in [9.17, 15) is 4.79 Å². The minimum absolute atomic E-state index is 0.0305. The lowest BCUT2D eigenvalue weighted by Crippen LogP contribution is -2.48. The second-order valence-corrected chi connectivity index (χ2v) is 4.87. The first kappa shape index (κ1) is 10.9. The third-order valence-corrected chi connectivity index (χ3v) is 3.66. The van der Waals surface area contributed by atoms with Crippen molar-refractivity contribution in [2.45, 2.75) is 25.0 Å². The van der Waals surface area contributed by atoms with Gasteiger partial charge >= 0.3 is 0 Å². The molecule has 1 fully saturated rings. The molecule has 5 heteroatoms. The standard InChI is InChI=1S/C14H13NO4/c16-14(15-10-2-4-11(19-15)5-3-10)9-1-6-12-13(7-9)18-8-17-12/h1-2,4,6-7,10-11H,3,5,8H2/t10-,11+/m0/s1. The Labute approximate surface area is 110 Å². The number of carbonyl (C=O) groups is 1. The highest BCUT2D eigenvalue weighted by Gasteiger charge is 2.35. The molecule has 1 amide bonds. The average Bonchev–Trinajstić information content (AvgIpc) is 2.95. The van der Waals surface area contributed by atoms with Crippen molar-refractivity contribution in [1.82, 2.24) is 5.06 Å². The number of rotatable bonds is 1. The number of carbonyl (C=O) groups excluding carboxylic acids is 1. The molecular formula is C14H13NO4. The van der Waals surface area contributed by atoms with Crippen molar-refractivity contribution in [1.29, 1.82) is 0 Å². The van der Waals surface area contributed by atoms with Crippen molar-refractivity contribution < 1.29 is 19.1 Å². The van der Waals surface area contributed by atoms with Crippen molar-refractivity contribution in [3.05, 3.63) is 35.9 Å². The Balaban J connectivity index is 1.62. The number of hydrogen-bond donors (Lipinski definition) is 0. The lowest BCUT2D eigenvalue weighted by Gasteiger charge is -2.40. The first-order chi connectivity index (χ1) is 9.31. The molecule has 0 unspecified atom stereocenters. The number of benzene rings is 1. The summed E-state index contributed by atoms with van der Waals surface area (Å²) in [5.74, 6) is 1.17. The predicted molar refractivity (Wildman–Crippen MR) is 65.8 cm³/mol. The van der Waals surface area contributed by atoms with Crippen molar-refractivity contribution in [2.75, 3.05) is 6.79 Å². The van der Waals surface area contributed by atoms with Gasteiger partial charge in [0.05, 0.1) is 6.04 Å². The molecule has 0 spiro atoms. The maximum atomic E-state index is 12.5. The van der Waals surface area contributed by atoms with E-state index in [2.05, 4.69) is 0 Å². The molecule has 0 radical (unpaired) electrons. The number of hydroxylamine groups is 2. The van der Waals surface area contributed by atoms with Crippen molar-refractivity contribution in [3.63, 3.8) is 0 Å². The largest absolute Gasteiger partial charge is 0.454 e. The fraction of sp³-hybridized carbons (Fsp3) is 0.357. The predicted octanol–water partition coefficient (Wildman–Crippen LogP) is 1.89. The highest BCUT2D eigenvalue weighted by molar-refractivity contribution is 5.94. The van der Waals surface area contributed by atoms with Crippen LogP contribution in [0.1, 0.15) is 23.2 Å². The van der Waals surface area contributed by atoms with E-state index in [0.29, 0.717) is 17.1 Å². The van der Waals surface area contributed by atoms with Crippen LogP contribution < -0.4 is 9.47 Å². The van der Waals surface area contributed by atoms with Gasteiger partial charge in [0.2, 0.25) is 6.79 Å². The molecule has 0 aromatic heterocycles. The monoisotopic (exact) mass is 259 g/mol. The van der Waals surface area contributed by atoms with Crippen LogP contribution in [0, 0.1) is 0 Å². The number of hydrogen-bond acceptors (Lipinski definition) is 4. The molecule has 5 rings (SSSR count). The molecule has 1 saturated heterocycles. The molecule has 1 aliphatic carbocycles. The Bertz CT molecular complexity index is 569. The van der Waals surface area contributed by atoms with Crippen LogP contribution in [-0.2, 0) is 4.84 Å². The van der Waals surface area contributed by atoms with E-state index in [1.165, 1.54) is 5.06 Å². The maximum Gasteiger partial charge on any atom is 0.278 e. The maximum absolute atomic E-state index is 12.5.